The van der Waals surface area contributed by atoms with Gasteiger partial charge in [0.2, 0.25) is 0 Å². The van der Waals surface area contributed by atoms with Gasteiger partial charge in [-0.25, -0.2) is 0 Å². The van der Waals surface area contributed by atoms with Crippen molar-refractivity contribution in [2.75, 3.05) is 0 Å². The first kappa shape index (κ1) is 157. The number of hydrogen-bond acceptors (Lipinski definition) is 0. The fourth-order valence-electron chi connectivity index (χ4n) is 1.91. The van der Waals surface area contributed by atoms with Crippen LogP contribution < -0.4 is 0 Å². The summed E-state index contributed by atoms with van der Waals surface area (Å²) in [6.07, 6.45) is 5.00. The molecule has 4 rings (SSSR count). The topological polar surface area (TPSA) is 0 Å². The molecule has 324 valence electrons. The molecule has 0 N–H and O–H groups in total. The van der Waals surface area contributed by atoms with Gasteiger partial charge in [0.25, 0.3) is 0 Å². The van der Waals surface area contributed by atoms with Crippen molar-refractivity contribution >= 4 is 0 Å². The molecule has 0 saturated heterocycles. The van der Waals surface area contributed by atoms with Crippen LogP contribution in [0.25, 0.3) is 0 Å². The Labute approximate surface area is 709 Å². The molecule has 0 unspecified atom stereocenters. The molecule has 12 heteroatoms. The fraction of sp³-hybridized carbons (Fsp3) is 0.250. The van der Waals surface area contributed by atoms with Crippen LogP contribution in [0, 0.1) is 372 Å². The maximum atomic E-state index is 3.72. The Kier molecular flexibility index (Phi) is 396. The quantitative estimate of drug-likeness (QED) is 0.154. The first-order valence-corrected chi connectivity index (χ1v) is 14.7. The molecule has 0 spiro atoms. The Balaban J connectivity index is -0.0000000109. The van der Waals surface area contributed by atoms with Crippen LogP contribution in [0.4, 0.5) is 0 Å². The molecule has 0 saturated carbocycles. The zero-order chi connectivity index (χ0) is 31.3. The van der Waals surface area contributed by atoms with Crippen LogP contribution in [-0.2, 0) is 131 Å². The summed E-state index contributed by atoms with van der Waals surface area (Å²) in [7, 11) is 0. The third-order valence-electron chi connectivity index (χ3n) is 3.37. The number of rotatable bonds is 0. The van der Waals surface area contributed by atoms with Crippen molar-refractivity contribution in [3.05, 3.63) is 231 Å². The van der Waals surface area contributed by atoms with E-state index in [1.165, 1.54) is 25.7 Å². The van der Waals surface area contributed by atoms with Crippen LogP contribution in [0.5, 0.6) is 0 Å². The predicted molar refractivity (Wildman–Crippen MR) is 239 cm³/mol. The Morgan fingerprint density at radius 1 is 0.233 bits per heavy atom. The predicted octanol–water partition coefficient (Wildman–Crippen LogP) is 16.7. The molecule has 0 atom stereocenters. The molecular formula is C48H84La8Y4-12. The Morgan fingerprint density at radius 2 is 0.300 bits per heavy atom. The van der Waals surface area contributed by atoms with Gasteiger partial charge in [-0.15, -0.1) is 48.5 Å². The number of hydrogen-bond donors (Lipinski definition) is 0. The van der Waals surface area contributed by atoms with Gasteiger partial charge < -0.3 is 59.4 Å². The third kappa shape index (κ3) is 173. The van der Waals surface area contributed by atoms with Crippen molar-refractivity contribution in [2.24, 2.45) is 0 Å². The first-order valence-electron chi connectivity index (χ1n) is 14.7. The molecule has 0 amide bonds. The van der Waals surface area contributed by atoms with Gasteiger partial charge in [-0.1, -0.05) is 105 Å². The molecule has 0 heterocycles. The smallest absolute Gasteiger partial charge is 0 e. The van der Waals surface area contributed by atoms with Crippen molar-refractivity contribution in [3.63, 3.8) is 0 Å². The third-order valence-corrected chi connectivity index (χ3v) is 3.37. The van der Waals surface area contributed by atoms with Crippen LogP contribution in [0.15, 0.2) is 121 Å². The maximum Gasteiger partial charge on any atom is 0 e. The van der Waals surface area contributed by atoms with E-state index in [9.17, 15) is 0 Å². The summed E-state index contributed by atoms with van der Waals surface area (Å²) < 4.78 is 0. The maximum absolute atomic E-state index is 3.72. The molecule has 0 aliphatic carbocycles. The Hall–Kier alpha value is 10.3. The van der Waals surface area contributed by atoms with Gasteiger partial charge >= 0.3 is 0 Å². The molecule has 4 aromatic carbocycles. The zero-order valence-corrected chi connectivity index (χ0v) is 82.5. The van der Waals surface area contributed by atoms with Crippen molar-refractivity contribution in [1.29, 1.82) is 0 Å². The van der Waals surface area contributed by atoms with Gasteiger partial charge in [0.1, 0.15) is 0 Å². The van der Waals surface area contributed by atoms with Gasteiger partial charge in [0.05, 0.1) is 0 Å². The second-order valence-electron chi connectivity index (χ2n) is 8.77. The summed E-state index contributed by atoms with van der Waals surface area (Å²) in [6, 6.07) is 39.5. The van der Waals surface area contributed by atoms with Gasteiger partial charge in [0.15, 0.2) is 0 Å². The van der Waals surface area contributed by atoms with E-state index >= 15 is 0 Å². The van der Waals surface area contributed by atoms with E-state index in [2.05, 4.69) is 83.1 Å². The van der Waals surface area contributed by atoms with E-state index in [4.69, 9.17) is 0 Å². The van der Waals surface area contributed by atoms with Gasteiger partial charge in [-0.3, -0.25) is 0 Å². The first-order chi connectivity index (χ1) is 19.2. The van der Waals surface area contributed by atoms with E-state index < -0.39 is 0 Å². The van der Waals surface area contributed by atoms with E-state index in [1.54, 1.807) is 0 Å². The molecule has 0 aromatic heterocycles. The van der Waals surface area contributed by atoms with Crippen molar-refractivity contribution in [2.45, 2.75) is 81.1 Å². The molecule has 4 aromatic rings. The van der Waals surface area contributed by atoms with E-state index in [-0.39, 0.29) is 475 Å². The van der Waals surface area contributed by atoms with Crippen LogP contribution >= 0.6 is 0 Å². The standard InChI is InChI=1S/4C7H7.4C3H8.8CH3.8La.4Y/c4*1-7-5-3-2-4-6-7;4*1-3-2;;;;;;;;;;;;;;;;;;;;/h4*2-6H,1H2;4*3H2,1-2H3;8*1H3;;;;;;;;;;;;/q4*-1;;;;;8*-1;;;;;;;;;;;;. The number of benzene rings is 4. The molecule has 0 fully saturated rings. The minimum absolute atomic E-state index is 0. The van der Waals surface area contributed by atoms with Crippen LogP contribution in [0.2, 0.25) is 0 Å². The monoisotopic (exact) mass is 2130 g/mol. The Bertz CT molecular complexity index is 778. The Morgan fingerprint density at radius 3 is 0.333 bits per heavy atom. The summed E-state index contributed by atoms with van der Waals surface area (Å²) in [5, 5.41) is 0. The molecule has 0 nitrogen and oxygen atoms in total. The van der Waals surface area contributed by atoms with Crippen molar-refractivity contribution in [3.8, 4) is 0 Å². The molecule has 0 aliphatic rings. The normalized spacial score (nSPS) is 5.20. The largest absolute Gasteiger partial charge is 0.358 e. The molecular weight excluding hydrogens is 2040 g/mol. The van der Waals surface area contributed by atoms with E-state index in [0.29, 0.717) is 0 Å². The summed E-state index contributed by atoms with van der Waals surface area (Å²) in [4.78, 5) is 0. The summed E-state index contributed by atoms with van der Waals surface area (Å²) in [5.74, 6) is 0. The van der Waals surface area contributed by atoms with Gasteiger partial charge in [-0.2, -0.15) is 98.5 Å². The van der Waals surface area contributed by atoms with Crippen LogP contribution in [0.1, 0.15) is 103 Å². The second kappa shape index (κ2) is 151. The summed E-state index contributed by atoms with van der Waals surface area (Å²) in [5.41, 5.74) is 4.29. The zero-order valence-electron chi connectivity index (χ0n) is 42.1. The van der Waals surface area contributed by atoms with Crippen LogP contribution in [0.3, 0.4) is 0 Å². The average Bonchev–Trinajstić information content (AvgIpc) is 2.94. The molecule has 12 radical (unpaired) electrons. The summed E-state index contributed by atoms with van der Waals surface area (Å²) >= 11 is 0. The van der Waals surface area contributed by atoms with Crippen LogP contribution in [-0.4, -0.2) is 0 Å². The minimum atomic E-state index is 0. The molecule has 0 bridgehead atoms. The van der Waals surface area contributed by atoms with Gasteiger partial charge in [0, 0.05) is 416 Å². The van der Waals surface area contributed by atoms with Gasteiger partial charge in [-0.05, 0) is 0 Å². The second-order valence-corrected chi connectivity index (χ2v) is 8.77. The molecule has 0 aliphatic heterocycles. The summed E-state index contributed by atoms with van der Waals surface area (Å²) in [6.45, 7) is 31.9. The van der Waals surface area contributed by atoms with Crippen molar-refractivity contribution in [1.82, 2.24) is 0 Å². The van der Waals surface area contributed by atoms with E-state index in [1.807, 2.05) is 121 Å². The van der Waals surface area contributed by atoms with Crippen molar-refractivity contribution < 1.29 is 416 Å². The average molecular weight is 2130 g/mol. The van der Waals surface area contributed by atoms with E-state index in [0.717, 1.165) is 22.3 Å². The minimum Gasteiger partial charge on any atom is -0.358 e. The molecule has 60 heavy (non-hydrogen) atoms. The fourth-order valence-corrected chi connectivity index (χ4v) is 1.91. The SMILES string of the molecule is CCC.CCC.CCC.CCC.[CH2-]c1ccccc1.[CH2-]c1ccccc1.[CH2-]c1ccccc1.[CH2-]c1ccccc1.[CH3-].[CH3-].[CH3-].[CH3-].[CH3-].[CH3-].[CH3-].[CH3-].[La].[La].[La].[La].[La].[La].[La].[La].[Y].[Y].[Y].[Y].